The molecule has 0 aliphatic carbocycles. The lowest BCUT2D eigenvalue weighted by atomic mass is 10.1. The van der Waals surface area contributed by atoms with Crippen LogP contribution < -0.4 is 11.1 Å². The Morgan fingerprint density at radius 1 is 1.42 bits per heavy atom. The first-order valence-corrected chi connectivity index (χ1v) is 5.83. The number of nitrogens with one attached hydrogen (secondary N) is 1. The molecular formula is C13H19ClF2N2O. The van der Waals surface area contributed by atoms with Gasteiger partial charge in [-0.25, -0.2) is 8.78 Å². The number of carbonyl (C=O) groups is 1. The van der Waals surface area contributed by atoms with Gasteiger partial charge in [-0.2, -0.15) is 0 Å². The third-order valence-corrected chi connectivity index (χ3v) is 2.57. The van der Waals surface area contributed by atoms with Crippen molar-refractivity contribution in [1.29, 1.82) is 0 Å². The number of aryl methyl sites for hydroxylation is 2. The fourth-order valence-electron chi connectivity index (χ4n) is 1.51. The van der Waals surface area contributed by atoms with Gasteiger partial charge in [-0.1, -0.05) is 29.8 Å². The molecule has 1 rings (SSSR count). The van der Waals surface area contributed by atoms with E-state index in [2.05, 4.69) is 5.32 Å². The highest BCUT2D eigenvalue weighted by atomic mass is 35.5. The Bertz CT molecular complexity index is 413. The van der Waals surface area contributed by atoms with E-state index in [-0.39, 0.29) is 24.7 Å². The molecule has 0 aromatic heterocycles. The SMILES string of the molecule is Cc1cccc(CCC(=O)NCC(F)(F)CN)c1.Cl. The van der Waals surface area contributed by atoms with Gasteiger partial charge in [0.05, 0.1) is 13.1 Å². The molecule has 0 aliphatic rings. The molecule has 0 aliphatic heterocycles. The summed E-state index contributed by atoms with van der Waals surface area (Å²) in [5, 5.41) is 2.19. The van der Waals surface area contributed by atoms with Crippen LogP contribution in [0.2, 0.25) is 0 Å². The van der Waals surface area contributed by atoms with Crippen LogP contribution in [0, 0.1) is 6.92 Å². The predicted octanol–water partition coefficient (Wildman–Crippen LogP) is 2.06. The maximum atomic E-state index is 12.8. The van der Waals surface area contributed by atoms with Crippen LogP contribution in [0.1, 0.15) is 17.5 Å². The van der Waals surface area contributed by atoms with Crippen LogP contribution in [0.5, 0.6) is 0 Å². The van der Waals surface area contributed by atoms with Crippen molar-refractivity contribution in [3.05, 3.63) is 35.4 Å². The average Bonchev–Trinajstić information content (AvgIpc) is 2.34. The molecule has 0 heterocycles. The Hall–Kier alpha value is -1.20. The molecule has 1 aromatic carbocycles. The number of hydrogen-bond acceptors (Lipinski definition) is 2. The van der Waals surface area contributed by atoms with E-state index in [0.717, 1.165) is 11.1 Å². The van der Waals surface area contributed by atoms with Gasteiger partial charge in [0.25, 0.3) is 5.92 Å². The fraction of sp³-hybridized carbons (Fsp3) is 0.462. The van der Waals surface area contributed by atoms with E-state index in [9.17, 15) is 13.6 Å². The van der Waals surface area contributed by atoms with Gasteiger partial charge in [-0.15, -0.1) is 12.4 Å². The summed E-state index contributed by atoms with van der Waals surface area (Å²) in [4.78, 5) is 11.4. The molecule has 0 bridgehead atoms. The third-order valence-electron chi connectivity index (χ3n) is 2.57. The van der Waals surface area contributed by atoms with Gasteiger partial charge in [-0.05, 0) is 18.9 Å². The third kappa shape index (κ3) is 7.08. The molecular weight excluding hydrogens is 274 g/mol. The van der Waals surface area contributed by atoms with Gasteiger partial charge in [0, 0.05) is 6.42 Å². The van der Waals surface area contributed by atoms with Crippen LogP contribution >= 0.6 is 12.4 Å². The molecule has 108 valence electrons. The number of benzene rings is 1. The number of nitrogens with two attached hydrogens (primary N) is 1. The summed E-state index contributed by atoms with van der Waals surface area (Å²) >= 11 is 0. The van der Waals surface area contributed by atoms with E-state index in [1.807, 2.05) is 31.2 Å². The minimum Gasteiger partial charge on any atom is -0.350 e. The predicted molar refractivity (Wildman–Crippen MR) is 73.8 cm³/mol. The molecule has 19 heavy (non-hydrogen) atoms. The molecule has 3 nitrogen and oxygen atoms in total. The zero-order valence-corrected chi connectivity index (χ0v) is 11.6. The second kappa shape index (κ2) is 8.07. The lowest BCUT2D eigenvalue weighted by Crippen LogP contribution is -2.41. The van der Waals surface area contributed by atoms with Gasteiger partial charge >= 0.3 is 0 Å². The standard InChI is InChI=1S/C13H18F2N2O.ClH/c1-10-3-2-4-11(7-10)5-6-12(18)17-9-13(14,15)8-16;/h2-4,7H,5-6,8-9,16H2,1H3,(H,17,18);1H. The summed E-state index contributed by atoms with van der Waals surface area (Å²) in [5.74, 6) is -3.41. The Morgan fingerprint density at radius 3 is 2.68 bits per heavy atom. The van der Waals surface area contributed by atoms with E-state index in [0.29, 0.717) is 6.42 Å². The van der Waals surface area contributed by atoms with Gasteiger partial charge < -0.3 is 11.1 Å². The van der Waals surface area contributed by atoms with Crippen LogP contribution in [-0.2, 0) is 11.2 Å². The topological polar surface area (TPSA) is 55.1 Å². The fourth-order valence-corrected chi connectivity index (χ4v) is 1.51. The summed E-state index contributed by atoms with van der Waals surface area (Å²) in [6, 6.07) is 7.76. The Kier molecular flexibility index (Phi) is 7.56. The average molecular weight is 293 g/mol. The second-order valence-corrected chi connectivity index (χ2v) is 4.33. The zero-order valence-electron chi connectivity index (χ0n) is 10.8. The highest BCUT2D eigenvalue weighted by molar-refractivity contribution is 5.85. The highest BCUT2D eigenvalue weighted by Gasteiger charge is 2.26. The largest absolute Gasteiger partial charge is 0.350 e. The van der Waals surface area contributed by atoms with E-state index >= 15 is 0 Å². The van der Waals surface area contributed by atoms with Gasteiger partial charge in [0.1, 0.15) is 0 Å². The van der Waals surface area contributed by atoms with Crippen molar-refractivity contribution in [3.63, 3.8) is 0 Å². The van der Waals surface area contributed by atoms with Crippen molar-refractivity contribution >= 4 is 18.3 Å². The Labute approximate surface area is 118 Å². The van der Waals surface area contributed by atoms with E-state index in [1.165, 1.54) is 0 Å². The molecule has 0 unspecified atom stereocenters. The molecule has 0 saturated heterocycles. The molecule has 0 saturated carbocycles. The normalized spacial score (nSPS) is 10.7. The number of amides is 1. The maximum Gasteiger partial charge on any atom is 0.277 e. The summed E-state index contributed by atoms with van der Waals surface area (Å²) in [6.45, 7) is 0.507. The van der Waals surface area contributed by atoms with Gasteiger partial charge in [0.2, 0.25) is 5.91 Å². The van der Waals surface area contributed by atoms with E-state index < -0.39 is 19.0 Å². The molecule has 1 amide bonds. The zero-order chi connectivity index (χ0) is 13.6. The summed E-state index contributed by atoms with van der Waals surface area (Å²) in [7, 11) is 0. The number of carbonyl (C=O) groups excluding carboxylic acids is 1. The number of rotatable bonds is 6. The van der Waals surface area contributed by atoms with Gasteiger partial charge in [0.15, 0.2) is 0 Å². The molecule has 3 N–H and O–H groups in total. The van der Waals surface area contributed by atoms with E-state index in [1.54, 1.807) is 0 Å². The monoisotopic (exact) mass is 292 g/mol. The molecule has 0 radical (unpaired) electrons. The van der Waals surface area contributed by atoms with Crippen molar-refractivity contribution in [2.24, 2.45) is 5.73 Å². The van der Waals surface area contributed by atoms with Crippen molar-refractivity contribution < 1.29 is 13.6 Å². The molecule has 0 fully saturated rings. The van der Waals surface area contributed by atoms with Crippen LogP contribution in [-0.4, -0.2) is 24.9 Å². The lowest BCUT2D eigenvalue weighted by Gasteiger charge is -2.14. The molecule has 0 spiro atoms. The first-order valence-electron chi connectivity index (χ1n) is 5.83. The van der Waals surface area contributed by atoms with Crippen molar-refractivity contribution in [3.8, 4) is 0 Å². The van der Waals surface area contributed by atoms with Crippen LogP contribution in [0.4, 0.5) is 8.78 Å². The van der Waals surface area contributed by atoms with Crippen LogP contribution in [0.15, 0.2) is 24.3 Å². The van der Waals surface area contributed by atoms with Crippen LogP contribution in [0.3, 0.4) is 0 Å². The first-order chi connectivity index (χ1) is 8.43. The van der Waals surface area contributed by atoms with E-state index in [4.69, 9.17) is 5.73 Å². The summed E-state index contributed by atoms with van der Waals surface area (Å²) in [5.41, 5.74) is 7.01. The quantitative estimate of drug-likeness (QED) is 0.843. The highest BCUT2D eigenvalue weighted by Crippen LogP contribution is 2.09. The second-order valence-electron chi connectivity index (χ2n) is 4.33. The number of alkyl halides is 2. The smallest absolute Gasteiger partial charge is 0.277 e. The molecule has 6 heteroatoms. The Morgan fingerprint density at radius 2 is 2.11 bits per heavy atom. The number of halogens is 3. The molecule has 1 aromatic rings. The van der Waals surface area contributed by atoms with Crippen molar-refractivity contribution in [2.75, 3.05) is 13.1 Å². The Balaban J connectivity index is 0.00000324. The minimum absolute atomic E-state index is 0. The number of hydrogen-bond donors (Lipinski definition) is 2. The van der Waals surface area contributed by atoms with Crippen molar-refractivity contribution in [2.45, 2.75) is 25.7 Å². The van der Waals surface area contributed by atoms with Gasteiger partial charge in [-0.3, -0.25) is 4.79 Å². The first kappa shape index (κ1) is 17.8. The van der Waals surface area contributed by atoms with Crippen molar-refractivity contribution in [1.82, 2.24) is 5.32 Å². The summed E-state index contributed by atoms with van der Waals surface area (Å²) < 4.78 is 25.6. The maximum absolute atomic E-state index is 12.8. The minimum atomic E-state index is -3.03. The molecule has 0 atom stereocenters. The summed E-state index contributed by atoms with van der Waals surface area (Å²) in [6.07, 6.45) is 0.742. The lowest BCUT2D eigenvalue weighted by molar-refractivity contribution is -0.122. The van der Waals surface area contributed by atoms with Crippen LogP contribution in [0.25, 0.3) is 0 Å².